The van der Waals surface area contributed by atoms with Gasteiger partial charge in [0, 0.05) is 25.2 Å². The van der Waals surface area contributed by atoms with Crippen LogP contribution < -0.4 is 4.74 Å². The molecule has 4 rings (SSSR count). The molecule has 1 aliphatic carbocycles. The number of piperazine rings is 1. The lowest BCUT2D eigenvalue weighted by atomic mass is 9.91. The molecular weight excluding hydrogens is 355 g/mol. The number of nitrogens with zero attached hydrogens (tertiary/aromatic N) is 2. The molecule has 0 bridgehead atoms. The number of likely N-dealkylation sites (N-methyl/N-ethyl adjacent to an activating group) is 1. The first kappa shape index (κ1) is 18.9. The van der Waals surface area contributed by atoms with Crippen LogP contribution in [0.2, 0.25) is 0 Å². The van der Waals surface area contributed by atoms with E-state index in [2.05, 4.69) is 18.0 Å². The van der Waals surface area contributed by atoms with Gasteiger partial charge in [0.2, 0.25) is 5.91 Å². The fourth-order valence-electron chi connectivity index (χ4n) is 4.26. The monoisotopic (exact) mass is 382 g/mol. The molecule has 2 unspecified atom stereocenters. The molecule has 1 heterocycles. The van der Waals surface area contributed by atoms with Gasteiger partial charge < -0.3 is 9.64 Å². The largest absolute Gasteiger partial charge is 0.496 e. The van der Waals surface area contributed by atoms with Crippen molar-refractivity contribution in [3.63, 3.8) is 0 Å². The van der Waals surface area contributed by atoms with Gasteiger partial charge in [0.1, 0.15) is 11.6 Å². The average Bonchev–Trinajstić information content (AvgIpc) is 3.55. The Balaban J connectivity index is 1.57. The Bertz CT molecular complexity index is 835. The first-order chi connectivity index (χ1) is 13.6. The molecule has 2 aromatic carbocycles. The predicted molar refractivity (Wildman–Crippen MR) is 107 cm³/mol. The molecule has 1 saturated heterocycles. The number of hydrogen-bond donors (Lipinski definition) is 0. The topological polar surface area (TPSA) is 32.8 Å². The Kier molecular flexibility index (Phi) is 5.36. The molecule has 2 fully saturated rings. The van der Waals surface area contributed by atoms with Crippen molar-refractivity contribution in [2.24, 2.45) is 5.92 Å². The predicted octanol–water partition coefficient (Wildman–Crippen LogP) is 3.84. The van der Waals surface area contributed by atoms with Gasteiger partial charge in [0.05, 0.1) is 19.1 Å². The third-order valence-corrected chi connectivity index (χ3v) is 6.05. The van der Waals surface area contributed by atoms with Gasteiger partial charge in [-0.25, -0.2) is 4.39 Å². The Morgan fingerprint density at radius 2 is 1.82 bits per heavy atom. The van der Waals surface area contributed by atoms with Gasteiger partial charge in [0.25, 0.3) is 0 Å². The van der Waals surface area contributed by atoms with Crippen molar-refractivity contribution in [2.75, 3.05) is 33.8 Å². The van der Waals surface area contributed by atoms with Crippen molar-refractivity contribution >= 4 is 5.91 Å². The fourth-order valence-corrected chi connectivity index (χ4v) is 4.26. The fraction of sp³-hybridized carbons (Fsp3) is 0.435. The number of amides is 1. The van der Waals surface area contributed by atoms with Crippen molar-refractivity contribution in [1.29, 1.82) is 0 Å². The number of methoxy groups -OCH3 is 1. The third kappa shape index (κ3) is 3.76. The normalized spacial score (nSPS) is 21.4. The maximum atomic E-state index is 13.5. The number of hydrogen-bond acceptors (Lipinski definition) is 3. The highest BCUT2D eigenvalue weighted by Crippen LogP contribution is 2.44. The Hall–Kier alpha value is -2.40. The van der Waals surface area contributed by atoms with E-state index in [1.165, 1.54) is 12.1 Å². The molecule has 0 radical (unpaired) electrons. The van der Waals surface area contributed by atoms with Gasteiger partial charge in [-0.1, -0.05) is 30.3 Å². The number of halogens is 1. The molecule has 4 nitrogen and oxygen atoms in total. The number of para-hydroxylation sites is 1. The molecule has 28 heavy (non-hydrogen) atoms. The Morgan fingerprint density at radius 1 is 1.11 bits per heavy atom. The lowest BCUT2D eigenvalue weighted by Crippen LogP contribution is -2.50. The smallest absolute Gasteiger partial charge is 0.230 e. The summed E-state index contributed by atoms with van der Waals surface area (Å²) >= 11 is 0. The van der Waals surface area contributed by atoms with Crippen molar-refractivity contribution in [3.8, 4) is 5.75 Å². The van der Waals surface area contributed by atoms with E-state index in [9.17, 15) is 9.18 Å². The lowest BCUT2D eigenvalue weighted by molar-refractivity contribution is -0.136. The minimum absolute atomic E-state index is 0.0990. The zero-order valence-electron chi connectivity index (χ0n) is 16.5. The molecule has 0 N–H and O–H groups in total. The number of carbonyl (C=O) groups excluding carboxylic acids is 1. The molecule has 0 spiro atoms. The highest BCUT2D eigenvalue weighted by atomic mass is 19.1. The van der Waals surface area contributed by atoms with Crippen molar-refractivity contribution in [3.05, 3.63) is 65.5 Å². The average molecular weight is 382 g/mol. The molecule has 5 heteroatoms. The second kappa shape index (κ2) is 7.92. The standard InChI is InChI=1S/C23H27FN2O2/c1-25-13-14-26(15-20(25)19-5-3-4-6-21(19)28-2)23(27)22(16-7-8-16)17-9-11-18(24)12-10-17/h3-6,9-12,16,20,22H,7-8,13-15H2,1-2H3. The molecule has 148 valence electrons. The van der Waals surface area contributed by atoms with Crippen molar-refractivity contribution < 1.29 is 13.9 Å². The van der Waals surface area contributed by atoms with Crippen LogP contribution in [-0.4, -0.2) is 49.5 Å². The summed E-state index contributed by atoms with van der Waals surface area (Å²) in [6.07, 6.45) is 2.13. The van der Waals surface area contributed by atoms with Gasteiger partial charge in [-0.05, 0) is 49.6 Å². The summed E-state index contributed by atoms with van der Waals surface area (Å²) < 4.78 is 18.9. The highest BCUT2D eigenvalue weighted by molar-refractivity contribution is 5.84. The van der Waals surface area contributed by atoms with Gasteiger partial charge in [-0.3, -0.25) is 9.69 Å². The summed E-state index contributed by atoms with van der Waals surface area (Å²) in [5, 5.41) is 0. The van der Waals surface area contributed by atoms with Crippen LogP contribution in [0.4, 0.5) is 4.39 Å². The van der Waals surface area contributed by atoms with Crippen LogP contribution in [-0.2, 0) is 4.79 Å². The van der Waals surface area contributed by atoms with Crippen LogP contribution >= 0.6 is 0 Å². The minimum Gasteiger partial charge on any atom is -0.496 e. The summed E-state index contributed by atoms with van der Waals surface area (Å²) in [4.78, 5) is 17.8. The molecule has 1 amide bonds. The summed E-state index contributed by atoms with van der Waals surface area (Å²) in [6.45, 7) is 2.17. The first-order valence-electron chi connectivity index (χ1n) is 9.96. The zero-order valence-corrected chi connectivity index (χ0v) is 16.5. The molecule has 2 atom stereocenters. The van der Waals surface area contributed by atoms with Gasteiger partial charge >= 0.3 is 0 Å². The number of ether oxygens (including phenoxy) is 1. The zero-order chi connectivity index (χ0) is 19.7. The van der Waals surface area contributed by atoms with Crippen LogP contribution in [0.5, 0.6) is 5.75 Å². The van der Waals surface area contributed by atoms with Crippen molar-refractivity contribution in [2.45, 2.75) is 24.8 Å². The van der Waals surface area contributed by atoms with Gasteiger partial charge in [0.15, 0.2) is 0 Å². The van der Waals surface area contributed by atoms with Crippen LogP contribution in [0.15, 0.2) is 48.5 Å². The Labute approximate surface area is 165 Å². The quantitative estimate of drug-likeness (QED) is 0.788. The number of rotatable bonds is 5. The van der Waals surface area contributed by atoms with Crippen LogP contribution in [0.3, 0.4) is 0 Å². The maximum Gasteiger partial charge on any atom is 0.230 e. The lowest BCUT2D eigenvalue weighted by Gasteiger charge is -2.41. The summed E-state index contributed by atoms with van der Waals surface area (Å²) in [5.41, 5.74) is 2.04. The van der Waals surface area contributed by atoms with E-state index in [1.807, 2.05) is 23.1 Å². The van der Waals surface area contributed by atoms with E-state index in [4.69, 9.17) is 4.74 Å². The minimum atomic E-state index is -0.262. The van der Waals surface area contributed by atoms with E-state index in [0.717, 1.165) is 36.3 Å². The maximum absolute atomic E-state index is 13.5. The van der Waals surface area contributed by atoms with Gasteiger partial charge in [-0.15, -0.1) is 0 Å². The SMILES string of the molecule is COc1ccccc1C1CN(C(=O)C(c2ccc(F)cc2)C2CC2)CCN1C. The molecule has 0 aromatic heterocycles. The summed E-state index contributed by atoms with van der Waals surface area (Å²) in [6, 6.07) is 14.6. The number of carbonyl (C=O) groups is 1. The molecule has 2 aliphatic rings. The van der Waals surface area contributed by atoms with Crippen LogP contribution in [0.25, 0.3) is 0 Å². The van der Waals surface area contributed by atoms with E-state index in [0.29, 0.717) is 19.0 Å². The number of benzene rings is 2. The molecule has 2 aromatic rings. The van der Waals surface area contributed by atoms with E-state index >= 15 is 0 Å². The van der Waals surface area contributed by atoms with E-state index < -0.39 is 0 Å². The second-order valence-electron chi connectivity index (χ2n) is 7.89. The summed E-state index contributed by atoms with van der Waals surface area (Å²) in [5.74, 6) is 0.972. The highest BCUT2D eigenvalue weighted by Gasteiger charge is 2.41. The first-order valence-corrected chi connectivity index (χ1v) is 9.96. The molecule has 1 saturated carbocycles. The van der Waals surface area contributed by atoms with E-state index in [1.54, 1.807) is 19.2 Å². The van der Waals surface area contributed by atoms with Gasteiger partial charge in [-0.2, -0.15) is 0 Å². The van der Waals surface area contributed by atoms with E-state index in [-0.39, 0.29) is 23.7 Å². The van der Waals surface area contributed by atoms with Crippen LogP contribution in [0.1, 0.15) is 35.9 Å². The Morgan fingerprint density at radius 3 is 2.50 bits per heavy atom. The second-order valence-corrected chi connectivity index (χ2v) is 7.89. The van der Waals surface area contributed by atoms with Crippen molar-refractivity contribution in [1.82, 2.24) is 9.80 Å². The summed E-state index contributed by atoms with van der Waals surface area (Å²) in [7, 11) is 3.78. The third-order valence-electron chi connectivity index (χ3n) is 6.05. The van der Waals surface area contributed by atoms with Crippen LogP contribution in [0, 0.1) is 11.7 Å². The molecular formula is C23H27FN2O2. The molecule has 1 aliphatic heterocycles.